The maximum Gasteiger partial charge on any atom is 0.360 e. The predicted octanol–water partition coefficient (Wildman–Crippen LogP) is 1.02. The van der Waals surface area contributed by atoms with E-state index in [1.54, 1.807) is 12.3 Å². The number of hydrogen-bond donors (Lipinski definition) is 1. The van der Waals surface area contributed by atoms with Gasteiger partial charge in [-0.25, -0.2) is 9.78 Å². The van der Waals surface area contributed by atoms with E-state index in [0.29, 0.717) is 10.9 Å². The van der Waals surface area contributed by atoms with Crippen LogP contribution in [0.5, 0.6) is 0 Å². The Labute approximate surface area is 98.7 Å². The summed E-state index contributed by atoms with van der Waals surface area (Å²) >= 11 is 5.97. The van der Waals surface area contributed by atoms with Crippen LogP contribution in [0.15, 0.2) is 18.5 Å². The molecule has 0 aromatic carbocycles. The number of hydrogen-bond acceptors (Lipinski definition) is 5. The quantitative estimate of drug-likeness (QED) is 0.647. The van der Waals surface area contributed by atoms with Crippen LogP contribution >= 0.6 is 11.6 Å². The van der Waals surface area contributed by atoms with Crippen molar-refractivity contribution >= 4 is 34.1 Å². The fourth-order valence-electron chi connectivity index (χ4n) is 1.56. The van der Waals surface area contributed by atoms with Gasteiger partial charge in [-0.2, -0.15) is 4.52 Å². The molecular weight excluding hydrogens is 246 g/mol. The molecule has 1 N–H and O–H groups in total. The van der Waals surface area contributed by atoms with Gasteiger partial charge in [-0.05, 0) is 6.07 Å². The van der Waals surface area contributed by atoms with E-state index in [1.165, 1.54) is 10.7 Å². The summed E-state index contributed by atoms with van der Waals surface area (Å²) in [5.74, 6) is -1.20. The van der Waals surface area contributed by atoms with E-state index in [1.807, 2.05) is 0 Å². The van der Waals surface area contributed by atoms with Gasteiger partial charge >= 0.3 is 5.97 Å². The van der Waals surface area contributed by atoms with Crippen molar-refractivity contribution in [1.82, 2.24) is 24.8 Å². The smallest absolute Gasteiger partial charge is 0.360 e. The fraction of sp³-hybridized carbons (Fsp3) is 0. The fourth-order valence-corrected chi connectivity index (χ4v) is 1.80. The molecule has 0 saturated carbocycles. The average molecular weight is 250 g/mol. The topological polar surface area (TPSA) is 93.3 Å². The van der Waals surface area contributed by atoms with Crippen molar-refractivity contribution in [2.75, 3.05) is 0 Å². The molecule has 0 amide bonds. The molecule has 0 spiro atoms. The van der Waals surface area contributed by atoms with Crippen molar-refractivity contribution in [3.63, 3.8) is 0 Å². The standard InChI is InChI=1S/C9H4ClN5O2/c10-7-4-1-2-11-3-5(4)15-8(12-7)6(9(16)17)13-14-15/h1-3H,(H,16,17). The van der Waals surface area contributed by atoms with Gasteiger partial charge in [-0.15, -0.1) is 5.10 Å². The van der Waals surface area contributed by atoms with Crippen LogP contribution < -0.4 is 0 Å². The number of carboxylic acids is 1. The molecular formula is C9H4ClN5O2. The van der Waals surface area contributed by atoms with E-state index < -0.39 is 5.97 Å². The summed E-state index contributed by atoms with van der Waals surface area (Å²) < 4.78 is 1.30. The lowest BCUT2D eigenvalue weighted by Gasteiger charge is -2.01. The lowest BCUT2D eigenvalue weighted by molar-refractivity contribution is 0.0692. The molecule has 17 heavy (non-hydrogen) atoms. The van der Waals surface area contributed by atoms with E-state index >= 15 is 0 Å². The van der Waals surface area contributed by atoms with Crippen LogP contribution in [0.4, 0.5) is 0 Å². The Hall–Kier alpha value is -2.28. The van der Waals surface area contributed by atoms with Crippen LogP contribution in [0.2, 0.25) is 5.15 Å². The summed E-state index contributed by atoms with van der Waals surface area (Å²) in [6, 6.07) is 1.67. The highest BCUT2D eigenvalue weighted by Crippen LogP contribution is 2.22. The third-order valence-electron chi connectivity index (χ3n) is 2.30. The molecule has 3 aromatic rings. The Morgan fingerprint density at radius 1 is 1.47 bits per heavy atom. The molecule has 84 valence electrons. The maximum atomic E-state index is 10.9. The van der Waals surface area contributed by atoms with Crippen molar-refractivity contribution < 1.29 is 9.90 Å². The van der Waals surface area contributed by atoms with E-state index in [2.05, 4.69) is 20.3 Å². The number of aromatic nitrogens is 5. The molecule has 0 aliphatic heterocycles. The van der Waals surface area contributed by atoms with Crippen molar-refractivity contribution in [1.29, 1.82) is 0 Å². The molecule has 3 rings (SSSR count). The summed E-state index contributed by atoms with van der Waals surface area (Å²) in [4.78, 5) is 18.8. The van der Waals surface area contributed by atoms with Crippen LogP contribution in [-0.2, 0) is 0 Å². The second-order valence-electron chi connectivity index (χ2n) is 3.27. The van der Waals surface area contributed by atoms with Gasteiger partial charge < -0.3 is 5.11 Å². The number of rotatable bonds is 1. The van der Waals surface area contributed by atoms with Gasteiger partial charge in [-0.3, -0.25) is 4.98 Å². The van der Waals surface area contributed by atoms with Crippen LogP contribution in [-0.4, -0.2) is 35.9 Å². The minimum absolute atomic E-state index is 0.100. The van der Waals surface area contributed by atoms with Crippen molar-refractivity contribution in [2.45, 2.75) is 0 Å². The summed E-state index contributed by atoms with van der Waals surface area (Å²) in [5, 5.41) is 17.0. The van der Waals surface area contributed by atoms with Gasteiger partial charge in [-0.1, -0.05) is 16.8 Å². The third-order valence-corrected chi connectivity index (χ3v) is 2.59. The average Bonchev–Trinajstić information content (AvgIpc) is 2.73. The number of carbonyl (C=O) groups is 1. The molecule has 0 unspecified atom stereocenters. The first kappa shape index (κ1) is 9.91. The van der Waals surface area contributed by atoms with Crippen molar-refractivity contribution in [3.8, 4) is 0 Å². The molecule has 0 fully saturated rings. The van der Waals surface area contributed by atoms with Crippen LogP contribution in [0.25, 0.3) is 16.6 Å². The highest BCUT2D eigenvalue weighted by molar-refractivity contribution is 6.34. The SMILES string of the molecule is O=C(O)c1nnn2c1nc(Cl)c1ccncc12. The summed E-state index contributed by atoms with van der Waals surface area (Å²) in [6.45, 7) is 0. The van der Waals surface area contributed by atoms with Crippen LogP contribution in [0.1, 0.15) is 10.5 Å². The van der Waals surface area contributed by atoms with Crippen molar-refractivity contribution in [3.05, 3.63) is 29.3 Å². The van der Waals surface area contributed by atoms with Gasteiger partial charge in [0.15, 0.2) is 5.65 Å². The Kier molecular flexibility index (Phi) is 1.96. The Bertz CT molecular complexity index is 754. The lowest BCUT2D eigenvalue weighted by Crippen LogP contribution is -2.00. The molecule has 3 heterocycles. The Balaban J connectivity index is 2.54. The first-order valence-electron chi connectivity index (χ1n) is 4.56. The normalized spacial score (nSPS) is 11.1. The number of nitrogens with zero attached hydrogens (tertiary/aromatic N) is 5. The van der Waals surface area contributed by atoms with E-state index in [9.17, 15) is 4.79 Å². The summed E-state index contributed by atoms with van der Waals surface area (Å²) in [5.41, 5.74) is 0.420. The second kappa shape index (κ2) is 3.36. The highest BCUT2D eigenvalue weighted by Gasteiger charge is 2.18. The van der Waals surface area contributed by atoms with Gasteiger partial charge in [0.2, 0.25) is 5.69 Å². The monoisotopic (exact) mass is 249 g/mol. The Morgan fingerprint density at radius 3 is 3.06 bits per heavy atom. The number of aromatic carboxylic acids is 1. The number of fused-ring (bicyclic) bond motifs is 3. The molecule has 0 saturated heterocycles. The zero-order valence-electron chi connectivity index (χ0n) is 8.20. The maximum absolute atomic E-state index is 10.9. The van der Waals surface area contributed by atoms with Gasteiger partial charge in [0.05, 0.1) is 11.7 Å². The first-order chi connectivity index (χ1) is 8.18. The summed E-state index contributed by atoms with van der Waals surface area (Å²) in [7, 11) is 0. The zero-order valence-corrected chi connectivity index (χ0v) is 8.96. The number of carboxylic acid groups (broad SMARTS) is 1. The van der Waals surface area contributed by atoms with Gasteiger partial charge in [0, 0.05) is 11.6 Å². The van der Waals surface area contributed by atoms with Crippen molar-refractivity contribution in [2.24, 2.45) is 0 Å². The number of halogens is 1. The predicted molar refractivity (Wildman–Crippen MR) is 58.1 cm³/mol. The lowest BCUT2D eigenvalue weighted by atomic mass is 10.3. The second-order valence-corrected chi connectivity index (χ2v) is 3.63. The molecule has 3 aromatic heterocycles. The molecule has 8 heteroatoms. The zero-order chi connectivity index (χ0) is 12.0. The summed E-state index contributed by atoms with van der Waals surface area (Å²) in [6.07, 6.45) is 3.09. The molecule has 0 aliphatic rings. The van der Waals surface area contributed by atoms with E-state index in [-0.39, 0.29) is 16.5 Å². The first-order valence-corrected chi connectivity index (χ1v) is 4.94. The van der Waals surface area contributed by atoms with Gasteiger partial charge in [0.1, 0.15) is 5.15 Å². The molecule has 0 radical (unpaired) electrons. The largest absolute Gasteiger partial charge is 0.476 e. The molecule has 0 aliphatic carbocycles. The molecule has 0 bridgehead atoms. The minimum atomic E-state index is -1.20. The number of pyridine rings is 1. The molecule has 7 nitrogen and oxygen atoms in total. The molecule has 0 atom stereocenters. The van der Waals surface area contributed by atoms with Gasteiger partial charge in [0.25, 0.3) is 0 Å². The third kappa shape index (κ3) is 1.32. The van der Waals surface area contributed by atoms with E-state index in [0.717, 1.165) is 0 Å². The minimum Gasteiger partial charge on any atom is -0.476 e. The van der Waals surface area contributed by atoms with Crippen LogP contribution in [0.3, 0.4) is 0 Å². The Morgan fingerprint density at radius 2 is 2.29 bits per heavy atom. The van der Waals surface area contributed by atoms with E-state index in [4.69, 9.17) is 16.7 Å². The van der Waals surface area contributed by atoms with Crippen LogP contribution in [0, 0.1) is 0 Å². The highest BCUT2D eigenvalue weighted by atomic mass is 35.5.